The van der Waals surface area contributed by atoms with E-state index in [4.69, 9.17) is 0 Å². The Morgan fingerprint density at radius 2 is 2.00 bits per heavy atom. The van der Waals surface area contributed by atoms with Gasteiger partial charge >= 0.3 is 0 Å². The lowest BCUT2D eigenvalue weighted by Crippen LogP contribution is -2.48. The predicted octanol–water partition coefficient (Wildman–Crippen LogP) is 2.90. The summed E-state index contributed by atoms with van der Waals surface area (Å²) in [4.78, 5) is 17.2. The maximum absolute atomic E-state index is 12.6. The minimum absolute atomic E-state index is 0.372. The van der Waals surface area contributed by atoms with Crippen molar-refractivity contribution < 1.29 is 4.79 Å². The topological polar surface area (TPSA) is 23.6 Å². The van der Waals surface area contributed by atoms with Crippen LogP contribution in [0.25, 0.3) is 0 Å². The van der Waals surface area contributed by atoms with Crippen LogP contribution in [-0.2, 0) is 4.79 Å². The van der Waals surface area contributed by atoms with Gasteiger partial charge in [-0.2, -0.15) is 0 Å². The molecule has 0 N–H and O–H groups in total. The van der Waals surface area contributed by atoms with Gasteiger partial charge in [0.2, 0.25) is 5.91 Å². The van der Waals surface area contributed by atoms with Crippen molar-refractivity contribution >= 4 is 5.91 Å². The molecule has 0 radical (unpaired) electrons. The molecule has 19 heavy (non-hydrogen) atoms. The summed E-state index contributed by atoms with van der Waals surface area (Å²) in [5, 5.41) is 0. The van der Waals surface area contributed by atoms with Gasteiger partial charge in [-0.1, -0.05) is 27.2 Å². The number of amides is 1. The van der Waals surface area contributed by atoms with E-state index in [2.05, 4.69) is 30.6 Å². The molecule has 0 spiro atoms. The number of hydrogen-bond acceptors (Lipinski definition) is 2. The standard InChI is InChI=1S/C16H30N2O/c1-4-14-7-5-6-10-17(14)12-16(19)18(11-13(2)3)15-8-9-15/h13-15H,4-12H2,1-3H3. The maximum atomic E-state index is 12.6. The summed E-state index contributed by atoms with van der Waals surface area (Å²) in [6.07, 6.45) is 7.49. The molecule has 1 atom stereocenters. The fourth-order valence-electron chi connectivity index (χ4n) is 3.23. The van der Waals surface area contributed by atoms with E-state index in [0.717, 1.165) is 13.1 Å². The lowest BCUT2D eigenvalue weighted by atomic mass is 10.00. The molecule has 0 aromatic rings. The van der Waals surface area contributed by atoms with Crippen LogP contribution in [0.5, 0.6) is 0 Å². The first-order chi connectivity index (χ1) is 9.11. The molecule has 1 heterocycles. The van der Waals surface area contributed by atoms with E-state index < -0.39 is 0 Å². The Hall–Kier alpha value is -0.570. The fourth-order valence-corrected chi connectivity index (χ4v) is 3.23. The number of rotatable bonds is 6. The Balaban J connectivity index is 1.90. The highest BCUT2D eigenvalue weighted by molar-refractivity contribution is 5.79. The minimum atomic E-state index is 0.372. The van der Waals surface area contributed by atoms with E-state index in [0.29, 0.717) is 30.5 Å². The van der Waals surface area contributed by atoms with Gasteiger partial charge in [0.25, 0.3) is 0 Å². The Morgan fingerprint density at radius 1 is 1.26 bits per heavy atom. The average Bonchev–Trinajstić information content (AvgIpc) is 3.20. The Labute approximate surface area is 118 Å². The Kier molecular flexibility index (Phi) is 5.26. The van der Waals surface area contributed by atoms with Crippen LogP contribution >= 0.6 is 0 Å². The Morgan fingerprint density at radius 3 is 2.58 bits per heavy atom. The van der Waals surface area contributed by atoms with Crippen LogP contribution in [0.15, 0.2) is 0 Å². The third-order valence-corrected chi connectivity index (χ3v) is 4.43. The number of piperidine rings is 1. The highest BCUT2D eigenvalue weighted by Crippen LogP contribution is 2.28. The summed E-state index contributed by atoms with van der Waals surface area (Å²) in [6.45, 7) is 9.37. The first-order valence-electron chi connectivity index (χ1n) is 8.15. The molecule has 0 bridgehead atoms. The second kappa shape index (κ2) is 6.74. The average molecular weight is 266 g/mol. The van der Waals surface area contributed by atoms with Crippen LogP contribution in [0.4, 0.5) is 0 Å². The molecule has 1 saturated heterocycles. The second-order valence-electron chi connectivity index (χ2n) is 6.70. The van der Waals surface area contributed by atoms with Gasteiger partial charge in [0.05, 0.1) is 6.54 Å². The van der Waals surface area contributed by atoms with Gasteiger partial charge in [0.1, 0.15) is 0 Å². The van der Waals surface area contributed by atoms with E-state index in [1.807, 2.05) is 0 Å². The van der Waals surface area contributed by atoms with Gasteiger partial charge in [0, 0.05) is 18.6 Å². The molecule has 3 nitrogen and oxygen atoms in total. The van der Waals surface area contributed by atoms with E-state index in [1.54, 1.807) is 0 Å². The van der Waals surface area contributed by atoms with Crippen LogP contribution in [-0.4, -0.2) is 47.4 Å². The lowest BCUT2D eigenvalue weighted by Gasteiger charge is -2.36. The SMILES string of the molecule is CCC1CCCCN1CC(=O)N(CC(C)C)C1CC1. The van der Waals surface area contributed by atoms with Gasteiger partial charge in [0.15, 0.2) is 0 Å². The summed E-state index contributed by atoms with van der Waals surface area (Å²) in [7, 11) is 0. The van der Waals surface area contributed by atoms with Crippen molar-refractivity contribution in [3.63, 3.8) is 0 Å². The third kappa shape index (κ3) is 4.20. The van der Waals surface area contributed by atoms with Crippen LogP contribution in [0, 0.1) is 5.92 Å². The van der Waals surface area contributed by atoms with Crippen LogP contribution in [0.1, 0.15) is 59.3 Å². The smallest absolute Gasteiger partial charge is 0.237 e. The van der Waals surface area contributed by atoms with Gasteiger partial charge < -0.3 is 4.90 Å². The number of nitrogens with zero attached hydrogens (tertiary/aromatic N) is 2. The van der Waals surface area contributed by atoms with Crippen LogP contribution in [0.3, 0.4) is 0 Å². The van der Waals surface area contributed by atoms with Crippen molar-refractivity contribution in [2.75, 3.05) is 19.6 Å². The molecule has 3 heteroatoms. The summed E-state index contributed by atoms with van der Waals surface area (Å²) >= 11 is 0. The molecule has 2 aliphatic rings. The monoisotopic (exact) mass is 266 g/mol. The van der Waals surface area contributed by atoms with Gasteiger partial charge in [-0.05, 0) is 44.6 Å². The zero-order valence-electron chi connectivity index (χ0n) is 12.9. The minimum Gasteiger partial charge on any atom is -0.338 e. The number of carbonyl (C=O) groups excluding carboxylic acids is 1. The molecule has 0 aromatic carbocycles. The first-order valence-corrected chi connectivity index (χ1v) is 8.15. The molecular formula is C16H30N2O. The molecule has 1 saturated carbocycles. The van der Waals surface area contributed by atoms with Gasteiger partial charge in [-0.25, -0.2) is 0 Å². The highest BCUT2D eigenvalue weighted by Gasteiger charge is 2.34. The van der Waals surface area contributed by atoms with Gasteiger partial charge in [-0.15, -0.1) is 0 Å². The number of hydrogen-bond donors (Lipinski definition) is 0. The van der Waals surface area contributed by atoms with Gasteiger partial charge in [-0.3, -0.25) is 9.69 Å². The molecule has 1 amide bonds. The molecule has 1 aliphatic heterocycles. The van der Waals surface area contributed by atoms with E-state index in [1.165, 1.54) is 38.5 Å². The largest absolute Gasteiger partial charge is 0.338 e. The summed E-state index contributed by atoms with van der Waals surface area (Å²) in [6, 6.07) is 1.19. The third-order valence-electron chi connectivity index (χ3n) is 4.43. The maximum Gasteiger partial charge on any atom is 0.237 e. The van der Waals surface area contributed by atoms with Crippen molar-refractivity contribution in [2.45, 2.75) is 71.4 Å². The second-order valence-corrected chi connectivity index (χ2v) is 6.70. The predicted molar refractivity (Wildman–Crippen MR) is 79.1 cm³/mol. The molecule has 0 aromatic heterocycles. The van der Waals surface area contributed by atoms with Crippen molar-refractivity contribution in [2.24, 2.45) is 5.92 Å². The van der Waals surface area contributed by atoms with E-state index in [9.17, 15) is 4.79 Å². The highest BCUT2D eigenvalue weighted by atomic mass is 16.2. The molecule has 110 valence electrons. The quantitative estimate of drug-likeness (QED) is 0.738. The van der Waals surface area contributed by atoms with E-state index in [-0.39, 0.29) is 0 Å². The molecule has 2 rings (SSSR count). The lowest BCUT2D eigenvalue weighted by molar-refractivity contribution is -0.134. The van der Waals surface area contributed by atoms with Crippen LogP contribution < -0.4 is 0 Å². The molecule has 2 fully saturated rings. The molecule has 1 unspecified atom stereocenters. The first kappa shape index (κ1) is 14.8. The number of carbonyl (C=O) groups is 1. The summed E-state index contributed by atoms with van der Waals surface area (Å²) in [5.74, 6) is 0.949. The molecule has 1 aliphatic carbocycles. The van der Waals surface area contributed by atoms with Crippen LogP contribution in [0.2, 0.25) is 0 Å². The summed E-state index contributed by atoms with van der Waals surface area (Å²) in [5.41, 5.74) is 0. The normalized spacial score (nSPS) is 24.7. The molecular weight excluding hydrogens is 236 g/mol. The number of likely N-dealkylation sites (tertiary alicyclic amines) is 1. The van der Waals surface area contributed by atoms with Crippen molar-refractivity contribution in [1.82, 2.24) is 9.80 Å². The van der Waals surface area contributed by atoms with Crippen molar-refractivity contribution in [1.29, 1.82) is 0 Å². The van der Waals surface area contributed by atoms with Crippen molar-refractivity contribution in [3.8, 4) is 0 Å². The van der Waals surface area contributed by atoms with E-state index >= 15 is 0 Å². The fraction of sp³-hybridized carbons (Fsp3) is 0.938. The summed E-state index contributed by atoms with van der Waals surface area (Å²) < 4.78 is 0. The Bertz CT molecular complexity index is 299. The zero-order chi connectivity index (χ0) is 13.8. The zero-order valence-corrected chi connectivity index (χ0v) is 12.9. The van der Waals surface area contributed by atoms with Crippen molar-refractivity contribution in [3.05, 3.63) is 0 Å².